The van der Waals surface area contributed by atoms with Crippen LogP contribution >= 0.6 is 23.5 Å². The Hall–Kier alpha value is -1.32. The molecule has 0 bridgehead atoms. The molecule has 0 heterocycles. The van der Waals surface area contributed by atoms with Gasteiger partial charge < -0.3 is 9.46 Å². The molecule has 2 aromatic carbocycles. The van der Waals surface area contributed by atoms with Crippen molar-refractivity contribution < 1.29 is 4.74 Å². The molecule has 4 heteroatoms. The van der Waals surface area contributed by atoms with Gasteiger partial charge in [-0.3, -0.25) is 0 Å². The van der Waals surface area contributed by atoms with Crippen LogP contribution in [0.15, 0.2) is 48.5 Å². The first kappa shape index (κ1) is 17.0. The first-order valence-electron chi connectivity index (χ1n) is 7.42. The zero-order valence-electron chi connectivity index (χ0n) is 13.0. The summed E-state index contributed by atoms with van der Waals surface area (Å²) in [5, 5.41) is 0.794. The number of anilines is 1. The number of hydrogen-bond acceptors (Lipinski definition) is 3. The van der Waals surface area contributed by atoms with Crippen molar-refractivity contribution in [3.63, 3.8) is 0 Å². The van der Waals surface area contributed by atoms with Gasteiger partial charge in [-0.2, -0.15) is 0 Å². The summed E-state index contributed by atoms with van der Waals surface area (Å²) in [6.07, 6.45) is 6.00. The molecule has 0 amide bonds. The van der Waals surface area contributed by atoms with Gasteiger partial charge in [0.2, 0.25) is 0 Å². The quantitative estimate of drug-likeness (QED) is 0.693. The van der Waals surface area contributed by atoms with Crippen molar-refractivity contribution in [3.8, 4) is 5.75 Å². The van der Waals surface area contributed by atoms with Crippen LogP contribution in [0.3, 0.4) is 0 Å². The maximum atomic E-state index is 5.54. The summed E-state index contributed by atoms with van der Waals surface area (Å²) in [5.41, 5.74) is 2.54. The van der Waals surface area contributed by atoms with E-state index in [0.717, 1.165) is 10.8 Å². The molecule has 1 aliphatic carbocycles. The SMILES string of the molecule is COc1ccc(NSC)cc1C1CCC1.Clc1ccccc1. The van der Waals surface area contributed by atoms with Crippen LogP contribution in [0.2, 0.25) is 5.02 Å². The number of rotatable bonds is 4. The molecule has 1 saturated carbocycles. The molecule has 2 aromatic rings. The highest BCUT2D eigenvalue weighted by Crippen LogP contribution is 2.41. The van der Waals surface area contributed by atoms with Gasteiger partial charge >= 0.3 is 0 Å². The van der Waals surface area contributed by atoms with Crippen LogP contribution in [-0.2, 0) is 0 Å². The lowest BCUT2D eigenvalue weighted by molar-refractivity contribution is 0.373. The van der Waals surface area contributed by atoms with Crippen molar-refractivity contribution in [1.29, 1.82) is 0 Å². The Balaban J connectivity index is 0.000000211. The lowest BCUT2D eigenvalue weighted by atomic mass is 9.79. The second-order valence-electron chi connectivity index (χ2n) is 5.19. The van der Waals surface area contributed by atoms with Crippen LogP contribution in [0.5, 0.6) is 5.75 Å². The van der Waals surface area contributed by atoms with Crippen LogP contribution in [0, 0.1) is 0 Å². The summed E-state index contributed by atoms with van der Waals surface area (Å²) in [5.74, 6) is 1.75. The molecule has 0 radical (unpaired) electrons. The van der Waals surface area contributed by atoms with Crippen molar-refractivity contribution >= 4 is 29.2 Å². The van der Waals surface area contributed by atoms with E-state index in [0.29, 0.717) is 5.92 Å². The zero-order valence-corrected chi connectivity index (χ0v) is 14.6. The number of ether oxygens (including phenoxy) is 1. The van der Waals surface area contributed by atoms with E-state index in [2.05, 4.69) is 22.9 Å². The van der Waals surface area contributed by atoms with E-state index in [4.69, 9.17) is 16.3 Å². The van der Waals surface area contributed by atoms with E-state index in [-0.39, 0.29) is 0 Å². The summed E-state index contributed by atoms with van der Waals surface area (Å²) < 4.78 is 8.66. The monoisotopic (exact) mass is 335 g/mol. The second kappa shape index (κ2) is 8.96. The van der Waals surface area contributed by atoms with Crippen LogP contribution < -0.4 is 9.46 Å². The third-order valence-corrected chi connectivity index (χ3v) is 4.42. The average Bonchev–Trinajstić information content (AvgIpc) is 2.48. The Morgan fingerprint density at radius 1 is 1.14 bits per heavy atom. The zero-order chi connectivity index (χ0) is 15.8. The summed E-state index contributed by atoms with van der Waals surface area (Å²) in [6.45, 7) is 0. The van der Waals surface area contributed by atoms with Crippen LogP contribution in [0.25, 0.3) is 0 Å². The molecule has 22 heavy (non-hydrogen) atoms. The Morgan fingerprint density at radius 3 is 2.32 bits per heavy atom. The average molecular weight is 336 g/mol. The van der Waals surface area contributed by atoms with Crippen molar-refractivity contribution in [2.75, 3.05) is 18.1 Å². The molecule has 1 N–H and O–H groups in total. The van der Waals surface area contributed by atoms with Crippen molar-refractivity contribution in [1.82, 2.24) is 0 Å². The number of halogens is 1. The van der Waals surface area contributed by atoms with Gasteiger partial charge in [-0.25, -0.2) is 0 Å². The molecule has 0 aliphatic heterocycles. The van der Waals surface area contributed by atoms with Crippen LogP contribution in [0.4, 0.5) is 5.69 Å². The standard InChI is InChI=1S/C12H17NOS.C6H5Cl/c1-14-12-7-6-10(13-15-2)8-11(12)9-4-3-5-9;7-6-4-2-1-3-5-6/h6-9,13H,3-5H2,1-2H3;1-5H. The summed E-state index contributed by atoms with van der Waals surface area (Å²) in [7, 11) is 1.75. The molecular weight excluding hydrogens is 314 g/mol. The second-order valence-corrected chi connectivity index (χ2v) is 6.24. The third-order valence-electron chi connectivity index (χ3n) is 3.73. The molecule has 3 rings (SSSR count). The van der Waals surface area contributed by atoms with Gasteiger partial charge in [0.15, 0.2) is 0 Å². The van der Waals surface area contributed by atoms with Gasteiger partial charge in [-0.1, -0.05) is 48.2 Å². The molecular formula is C18H22ClNOS. The minimum Gasteiger partial charge on any atom is -0.496 e. The van der Waals surface area contributed by atoms with E-state index in [1.807, 2.05) is 36.6 Å². The number of hydrogen-bond donors (Lipinski definition) is 1. The molecule has 1 aliphatic rings. The molecule has 2 nitrogen and oxygen atoms in total. The van der Waals surface area contributed by atoms with E-state index >= 15 is 0 Å². The molecule has 0 unspecified atom stereocenters. The highest BCUT2D eigenvalue weighted by Gasteiger charge is 2.22. The van der Waals surface area contributed by atoms with Gasteiger partial charge in [0.1, 0.15) is 5.75 Å². The molecule has 0 aromatic heterocycles. The van der Waals surface area contributed by atoms with Crippen molar-refractivity contribution in [3.05, 3.63) is 59.1 Å². The lowest BCUT2D eigenvalue weighted by Crippen LogP contribution is -2.10. The van der Waals surface area contributed by atoms with Gasteiger partial charge in [0, 0.05) is 17.0 Å². The van der Waals surface area contributed by atoms with E-state index in [9.17, 15) is 0 Å². The number of nitrogens with one attached hydrogen (secondary N) is 1. The van der Waals surface area contributed by atoms with E-state index in [1.54, 1.807) is 19.1 Å². The third kappa shape index (κ3) is 4.85. The fourth-order valence-electron chi connectivity index (χ4n) is 2.37. The van der Waals surface area contributed by atoms with Crippen molar-refractivity contribution in [2.45, 2.75) is 25.2 Å². The molecule has 1 fully saturated rings. The van der Waals surface area contributed by atoms with E-state index < -0.39 is 0 Å². The van der Waals surface area contributed by atoms with E-state index in [1.165, 1.54) is 30.5 Å². The predicted molar refractivity (Wildman–Crippen MR) is 98.2 cm³/mol. The van der Waals surface area contributed by atoms with Crippen LogP contribution in [-0.4, -0.2) is 13.4 Å². The largest absolute Gasteiger partial charge is 0.496 e. The predicted octanol–water partition coefficient (Wildman–Crippen LogP) is 5.99. The Bertz CT molecular complexity index is 573. The van der Waals surface area contributed by atoms with Gasteiger partial charge in [-0.15, -0.1) is 0 Å². The molecule has 0 atom stereocenters. The first-order valence-corrected chi connectivity index (χ1v) is 9.02. The number of methoxy groups -OCH3 is 1. The van der Waals surface area contributed by atoms with Gasteiger partial charge in [0.25, 0.3) is 0 Å². The Kier molecular flexibility index (Phi) is 6.94. The smallest absolute Gasteiger partial charge is 0.122 e. The Labute approximate surface area is 142 Å². The lowest BCUT2D eigenvalue weighted by Gasteiger charge is -2.27. The molecule has 118 valence electrons. The maximum absolute atomic E-state index is 5.54. The van der Waals surface area contributed by atoms with Gasteiger partial charge in [0.05, 0.1) is 7.11 Å². The highest BCUT2D eigenvalue weighted by molar-refractivity contribution is 7.99. The van der Waals surface area contributed by atoms with Crippen molar-refractivity contribution in [2.24, 2.45) is 0 Å². The van der Waals surface area contributed by atoms with Gasteiger partial charge in [-0.05, 0) is 54.7 Å². The highest BCUT2D eigenvalue weighted by atomic mass is 35.5. The molecule has 0 saturated heterocycles. The Morgan fingerprint density at radius 2 is 1.86 bits per heavy atom. The first-order chi connectivity index (χ1) is 10.7. The summed E-state index contributed by atoms with van der Waals surface area (Å²) in [4.78, 5) is 0. The fourth-order valence-corrected chi connectivity index (χ4v) is 2.88. The summed E-state index contributed by atoms with van der Waals surface area (Å²) in [6, 6.07) is 15.8. The fraction of sp³-hybridized carbons (Fsp3) is 0.333. The minimum absolute atomic E-state index is 0.712. The molecule has 0 spiro atoms. The number of benzene rings is 2. The topological polar surface area (TPSA) is 21.3 Å². The normalized spacial score (nSPS) is 13.6. The maximum Gasteiger partial charge on any atom is 0.122 e. The van der Waals surface area contributed by atoms with Crippen LogP contribution in [0.1, 0.15) is 30.7 Å². The minimum atomic E-state index is 0.712. The summed E-state index contributed by atoms with van der Waals surface area (Å²) >= 11 is 7.16.